The summed E-state index contributed by atoms with van der Waals surface area (Å²) < 4.78 is 5.32. The highest BCUT2D eigenvalue weighted by molar-refractivity contribution is 6.18. The summed E-state index contributed by atoms with van der Waals surface area (Å²) in [5.74, 6) is 0.896. The SMILES string of the molecule is COc1ccc2c(c1)cc(C)c1c3ccccc3[nH]c21. The molecule has 2 nitrogen and oxygen atoms in total. The molecule has 1 aromatic heterocycles. The van der Waals surface area contributed by atoms with Crippen LogP contribution in [0.25, 0.3) is 32.6 Å². The summed E-state index contributed by atoms with van der Waals surface area (Å²) in [6.07, 6.45) is 0. The molecule has 0 saturated carbocycles. The van der Waals surface area contributed by atoms with Gasteiger partial charge in [0.25, 0.3) is 0 Å². The van der Waals surface area contributed by atoms with Gasteiger partial charge in [0, 0.05) is 21.7 Å². The van der Waals surface area contributed by atoms with E-state index in [1.54, 1.807) is 7.11 Å². The van der Waals surface area contributed by atoms with Crippen LogP contribution in [0.4, 0.5) is 0 Å². The molecule has 0 bridgehead atoms. The van der Waals surface area contributed by atoms with Gasteiger partial charge in [-0.3, -0.25) is 0 Å². The fourth-order valence-corrected chi connectivity index (χ4v) is 3.07. The first-order chi connectivity index (χ1) is 9.78. The molecule has 0 atom stereocenters. The van der Waals surface area contributed by atoms with Crippen LogP contribution in [0, 0.1) is 6.92 Å². The molecule has 0 spiro atoms. The fourth-order valence-electron chi connectivity index (χ4n) is 3.07. The summed E-state index contributed by atoms with van der Waals surface area (Å²) >= 11 is 0. The fraction of sp³-hybridized carbons (Fsp3) is 0.111. The van der Waals surface area contributed by atoms with Crippen molar-refractivity contribution in [1.29, 1.82) is 0 Å². The Bertz CT molecular complexity index is 950. The lowest BCUT2D eigenvalue weighted by molar-refractivity contribution is 0.415. The molecule has 4 rings (SSSR count). The number of para-hydroxylation sites is 1. The molecule has 0 fully saturated rings. The van der Waals surface area contributed by atoms with E-state index in [2.05, 4.69) is 54.4 Å². The molecule has 0 radical (unpaired) electrons. The number of methoxy groups -OCH3 is 1. The van der Waals surface area contributed by atoms with E-state index < -0.39 is 0 Å². The predicted octanol–water partition coefficient (Wildman–Crippen LogP) is 4.79. The molecule has 0 aliphatic rings. The number of aromatic amines is 1. The molecule has 4 aromatic rings. The molecule has 0 aliphatic heterocycles. The Morgan fingerprint density at radius 2 is 1.80 bits per heavy atom. The second-order valence-corrected chi connectivity index (χ2v) is 5.20. The zero-order valence-corrected chi connectivity index (χ0v) is 11.5. The number of hydrogen-bond donors (Lipinski definition) is 1. The van der Waals surface area contributed by atoms with Crippen molar-refractivity contribution in [3.63, 3.8) is 0 Å². The van der Waals surface area contributed by atoms with Crippen LogP contribution < -0.4 is 4.74 Å². The summed E-state index contributed by atoms with van der Waals surface area (Å²) in [5.41, 5.74) is 3.69. The average molecular weight is 261 g/mol. The minimum atomic E-state index is 0.896. The van der Waals surface area contributed by atoms with Gasteiger partial charge >= 0.3 is 0 Å². The van der Waals surface area contributed by atoms with Gasteiger partial charge in [0.15, 0.2) is 0 Å². The monoisotopic (exact) mass is 261 g/mol. The number of H-pyrrole nitrogens is 1. The number of ether oxygens (including phenoxy) is 1. The molecular formula is C18H15NO. The van der Waals surface area contributed by atoms with E-state index in [1.165, 1.54) is 38.1 Å². The maximum absolute atomic E-state index is 5.32. The van der Waals surface area contributed by atoms with Crippen LogP contribution in [0.3, 0.4) is 0 Å². The van der Waals surface area contributed by atoms with Crippen molar-refractivity contribution in [2.75, 3.05) is 7.11 Å². The molecule has 98 valence electrons. The number of benzene rings is 3. The van der Waals surface area contributed by atoms with Crippen LogP contribution in [0.15, 0.2) is 48.5 Å². The molecule has 3 aromatic carbocycles. The van der Waals surface area contributed by atoms with E-state index in [-0.39, 0.29) is 0 Å². The maximum atomic E-state index is 5.32. The van der Waals surface area contributed by atoms with Crippen molar-refractivity contribution in [3.8, 4) is 5.75 Å². The average Bonchev–Trinajstić information content (AvgIpc) is 2.86. The van der Waals surface area contributed by atoms with Gasteiger partial charge in [-0.05, 0) is 42.1 Å². The molecular weight excluding hydrogens is 246 g/mol. The number of rotatable bonds is 1. The Hall–Kier alpha value is -2.48. The second-order valence-electron chi connectivity index (χ2n) is 5.20. The highest BCUT2D eigenvalue weighted by Gasteiger charge is 2.10. The van der Waals surface area contributed by atoms with Gasteiger partial charge in [-0.15, -0.1) is 0 Å². The van der Waals surface area contributed by atoms with Gasteiger partial charge in [-0.2, -0.15) is 0 Å². The first-order valence-corrected chi connectivity index (χ1v) is 6.76. The number of aryl methyl sites for hydroxylation is 1. The largest absolute Gasteiger partial charge is 0.497 e. The normalized spacial score (nSPS) is 11.5. The summed E-state index contributed by atoms with van der Waals surface area (Å²) in [5, 5.41) is 5.06. The van der Waals surface area contributed by atoms with Crippen LogP contribution in [0.1, 0.15) is 5.56 Å². The van der Waals surface area contributed by atoms with Crippen LogP contribution in [-0.4, -0.2) is 12.1 Å². The molecule has 20 heavy (non-hydrogen) atoms. The summed E-state index contributed by atoms with van der Waals surface area (Å²) in [7, 11) is 1.70. The molecule has 1 heterocycles. The lowest BCUT2D eigenvalue weighted by Crippen LogP contribution is -1.84. The quantitative estimate of drug-likeness (QED) is 0.523. The third-order valence-electron chi connectivity index (χ3n) is 4.00. The van der Waals surface area contributed by atoms with E-state index in [9.17, 15) is 0 Å². The van der Waals surface area contributed by atoms with E-state index in [4.69, 9.17) is 4.74 Å². The zero-order valence-electron chi connectivity index (χ0n) is 11.5. The number of hydrogen-bond acceptors (Lipinski definition) is 1. The van der Waals surface area contributed by atoms with Gasteiger partial charge < -0.3 is 9.72 Å². The Morgan fingerprint density at radius 3 is 2.65 bits per heavy atom. The highest BCUT2D eigenvalue weighted by Crippen LogP contribution is 2.35. The smallest absolute Gasteiger partial charge is 0.119 e. The Balaban J connectivity index is 2.24. The minimum absolute atomic E-state index is 0.896. The standard InChI is InChI=1S/C18H15NO/c1-11-9-12-10-13(20-2)7-8-14(12)18-17(11)15-5-3-4-6-16(15)19-18/h3-10,19H,1-2H3. The molecule has 1 N–H and O–H groups in total. The van der Waals surface area contributed by atoms with Gasteiger partial charge in [0.2, 0.25) is 0 Å². The lowest BCUT2D eigenvalue weighted by atomic mass is 10.0. The van der Waals surface area contributed by atoms with Crippen molar-refractivity contribution < 1.29 is 4.74 Å². The van der Waals surface area contributed by atoms with Crippen LogP contribution in [-0.2, 0) is 0 Å². The maximum Gasteiger partial charge on any atom is 0.119 e. The first kappa shape index (κ1) is 11.4. The van der Waals surface area contributed by atoms with E-state index in [1.807, 2.05) is 6.07 Å². The van der Waals surface area contributed by atoms with E-state index in [0.717, 1.165) is 5.75 Å². The molecule has 2 heteroatoms. The first-order valence-electron chi connectivity index (χ1n) is 6.76. The Labute approximate surface area is 117 Å². The molecule has 0 unspecified atom stereocenters. The molecule has 0 amide bonds. The van der Waals surface area contributed by atoms with Gasteiger partial charge in [-0.25, -0.2) is 0 Å². The van der Waals surface area contributed by atoms with Crippen LogP contribution in [0.2, 0.25) is 0 Å². The van der Waals surface area contributed by atoms with Crippen molar-refractivity contribution in [1.82, 2.24) is 4.98 Å². The third-order valence-corrected chi connectivity index (χ3v) is 4.00. The molecule has 0 saturated heterocycles. The summed E-state index contributed by atoms with van der Waals surface area (Å²) in [6, 6.07) is 16.9. The number of aromatic nitrogens is 1. The predicted molar refractivity (Wildman–Crippen MR) is 84.6 cm³/mol. The lowest BCUT2D eigenvalue weighted by Gasteiger charge is -2.06. The Kier molecular flexibility index (Phi) is 2.27. The van der Waals surface area contributed by atoms with Crippen molar-refractivity contribution >= 4 is 32.6 Å². The van der Waals surface area contributed by atoms with Gasteiger partial charge in [0.1, 0.15) is 5.75 Å². The summed E-state index contributed by atoms with van der Waals surface area (Å²) in [4.78, 5) is 3.56. The van der Waals surface area contributed by atoms with Crippen molar-refractivity contribution in [2.45, 2.75) is 6.92 Å². The van der Waals surface area contributed by atoms with Crippen LogP contribution in [0.5, 0.6) is 5.75 Å². The van der Waals surface area contributed by atoms with Gasteiger partial charge in [-0.1, -0.05) is 24.3 Å². The number of fused-ring (bicyclic) bond motifs is 5. The zero-order chi connectivity index (χ0) is 13.7. The van der Waals surface area contributed by atoms with Crippen molar-refractivity contribution in [3.05, 3.63) is 54.1 Å². The van der Waals surface area contributed by atoms with Crippen molar-refractivity contribution in [2.24, 2.45) is 0 Å². The second kappa shape index (κ2) is 4.01. The third kappa shape index (κ3) is 1.45. The molecule has 0 aliphatic carbocycles. The number of nitrogens with one attached hydrogen (secondary N) is 1. The van der Waals surface area contributed by atoms with E-state index >= 15 is 0 Å². The highest BCUT2D eigenvalue weighted by atomic mass is 16.5. The van der Waals surface area contributed by atoms with Crippen LogP contribution >= 0.6 is 0 Å². The summed E-state index contributed by atoms with van der Waals surface area (Å²) in [6.45, 7) is 2.17. The van der Waals surface area contributed by atoms with E-state index in [0.29, 0.717) is 0 Å². The van der Waals surface area contributed by atoms with Gasteiger partial charge in [0.05, 0.1) is 12.6 Å². The Morgan fingerprint density at radius 1 is 0.950 bits per heavy atom. The topological polar surface area (TPSA) is 25.0 Å². The minimum Gasteiger partial charge on any atom is -0.497 e.